The van der Waals surface area contributed by atoms with E-state index in [2.05, 4.69) is 0 Å². The first-order chi connectivity index (χ1) is 6.99. The molecule has 0 aromatic heterocycles. The van der Waals surface area contributed by atoms with Crippen molar-refractivity contribution in [3.05, 3.63) is 0 Å². The van der Waals surface area contributed by atoms with E-state index in [-0.39, 0.29) is 6.42 Å². The van der Waals surface area contributed by atoms with Crippen molar-refractivity contribution in [1.82, 2.24) is 0 Å². The van der Waals surface area contributed by atoms with Gasteiger partial charge in [-0.05, 0) is 13.3 Å². The van der Waals surface area contributed by atoms with Gasteiger partial charge in [0.15, 0.2) is 6.10 Å². The van der Waals surface area contributed by atoms with Crippen LogP contribution < -0.4 is 0 Å². The highest BCUT2D eigenvalue weighted by Gasteiger charge is 2.27. The van der Waals surface area contributed by atoms with Crippen LogP contribution in [0.15, 0.2) is 0 Å². The van der Waals surface area contributed by atoms with Crippen LogP contribution in [0.5, 0.6) is 0 Å². The first kappa shape index (κ1) is 14.3. The molecule has 0 saturated heterocycles. The first-order valence-corrected chi connectivity index (χ1v) is 5.19. The molecule has 0 amide bonds. The van der Waals surface area contributed by atoms with Gasteiger partial charge >= 0.3 is 5.97 Å². The predicted octanol–water partition coefficient (Wildman–Crippen LogP) is 0.388. The second kappa shape index (κ2) is 7.62. The number of hydrogen-bond acceptors (Lipinski definition) is 4. The van der Waals surface area contributed by atoms with Gasteiger partial charge in [0.25, 0.3) is 0 Å². The van der Waals surface area contributed by atoms with Gasteiger partial charge in [0.05, 0.1) is 12.2 Å². The summed E-state index contributed by atoms with van der Waals surface area (Å²) in [5.74, 6) is -1.20. The molecule has 15 heavy (non-hydrogen) atoms. The highest BCUT2D eigenvalue weighted by atomic mass is 16.5. The maximum absolute atomic E-state index is 10.7. The SMILES string of the molecule is CCCCOC(C(=O)O)C(O)CC(C)O. The third kappa shape index (κ3) is 6.43. The summed E-state index contributed by atoms with van der Waals surface area (Å²) in [6.07, 6.45) is -1.49. The average Bonchev–Trinajstić information content (AvgIpc) is 2.10. The smallest absolute Gasteiger partial charge is 0.335 e. The largest absolute Gasteiger partial charge is 0.479 e. The van der Waals surface area contributed by atoms with Crippen molar-refractivity contribution in [2.45, 2.75) is 51.4 Å². The Balaban J connectivity index is 4.07. The molecule has 0 aliphatic heterocycles. The summed E-state index contributed by atoms with van der Waals surface area (Å²) in [6, 6.07) is 0. The Hall–Kier alpha value is -0.650. The van der Waals surface area contributed by atoms with Crippen molar-refractivity contribution < 1.29 is 24.9 Å². The lowest BCUT2D eigenvalue weighted by molar-refractivity contribution is -0.159. The molecule has 0 fully saturated rings. The Morgan fingerprint density at radius 2 is 2.00 bits per heavy atom. The summed E-state index contributed by atoms with van der Waals surface area (Å²) in [7, 11) is 0. The Labute approximate surface area is 89.7 Å². The highest BCUT2D eigenvalue weighted by Crippen LogP contribution is 2.08. The first-order valence-electron chi connectivity index (χ1n) is 5.19. The van der Waals surface area contributed by atoms with Crippen LogP contribution in [0.3, 0.4) is 0 Å². The number of carbonyl (C=O) groups is 1. The van der Waals surface area contributed by atoms with E-state index in [0.717, 1.165) is 12.8 Å². The van der Waals surface area contributed by atoms with Gasteiger partial charge in [-0.15, -0.1) is 0 Å². The molecule has 0 radical (unpaired) electrons. The van der Waals surface area contributed by atoms with Gasteiger partial charge in [-0.25, -0.2) is 4.79 Å². The number of unbranched alkanes of at least 4 members (excludes halogenated alkanes) is 1. The number of ether oxygens (including phenoxy) is 1. The summed E-state index contributed by atoms with van der Waals surface area (Å²) in [6.45, 7) is 3.77. The zero-order valence-corrected chi connectivity index (χ0v) is 9.22. The van der Waals surface area contributed by atoms with E-state index in [1.807, 2.05) is 6.92 Å². The second-order valence-corrected chi connectivity index (χ2v) is 3.64. The summed E-state index contributed by atoms with van der Waals surface area (Å²) in [5.41, 5.74) is 0. The minimum absolute atomic E-state index is 0.00307. The summed E-state index contributed by atoms with van der Waals surface area (Å²) >= 11 is 0. The molecule has 0 aliphatic rings. The Bertz CT molecular complexity index is 181. The number of carboxylic acid groups (broad SMARTS) is 1. The lowest BCUT2D eigenvalue weighted by atomic mass is 10.1. The minimum Gasteiger partial charge on any atom is -0.479 e. The average molecular weight is 220 g/mol. The maximum atomic E-state index is 10.7. The van der Waals surface area contributed by atoms with E-state index in [1.54, 1.807) is 0 Å². The fraction of sp³-hybridized carbons (Fsp3) is 0.900. The van der Waals surface area contributed by atoms with Crippen LogP contribution in [0.2, 0.25) is 0 Å². The van der Waals surface area contributed by atoms with Crippen LogP contribution in [0.1, 0.15) is 33.1 Å². The van der Waals surface area contributed by atoms with Gasteiger partial charge < -0.3 is 20.1 Å². The monoisotopic (exact) mass is 220 g/mol. The molecule has 0 bridgehead atoms. The normalized spacial score (nSPS) is 17.1. The molecule has 3 atom stereocenters. The molecule has 3 N–H and O–H groups in total. The maximum Gasteiger partial charge on any atom is 0.335 e. The number of hydrogen-bond donors (Lipinski definition) is 3. The van der Waals surface area contributed by atoms with Crippen LogP contribution in [-0.2, 0) is 9.53 Å². The van der Waals surface area contributed by atoms with Crippen LogP contribution >= 0.6 is 0 Å². The van der Waals surface area contributed by atoms with E-state index < -0.39 is 24.3 Å². The van der Waals surface area contributed by atoms with Crippen molar-refractivity contribution >= 4 is 5.97 Å². The summed E-state index contributed by atoms with van der Waals surface area (Å²) < 4.78 is 5.05. The summed E-state index contributed by atoms with van der Waals surface area (Å²) in [5, 5.41) is 27.3. The van der Waals surface area contributed by atoms with E-state index in [9.17, 15) is 9.90 Å². The van der Waals surface area contributed by atoms with E-state index in [0.29, 0.717) is 6.61 Å². The van der Waals surface area contributed by atoms with E-state index >= 15 is 0 Å². The Kier molecular flexibility index (Phi) is 7.29. The highest BCUT2D eigenvalue weighted by molar-refractivity contribution is 5.73. The van der Waals surface area contributed by atoms with Gasteiger partial charge in [-0.2, -0.15) is 0 Å². The van der Waals surface area contributed by atoms with Crippen LogP contribution in [-0.4, -0.2) is 46.2 Å². The number of carboxylic acids is 1. The number of rotatable bonds is 8. The fourth-order valence-corrected chi connectivity index (χ4v) is 1.17. The zero-order chi connectivity index (χ0) is 11.8. The molecular weight excluding hydrogens is 200 g/mol. The second-order valence-electron chi connectivity index (χ2n) is 3.64. The quantitative estimate of drug-likeness (QED) is 0.515. The van der Waals surface area contributed by atoms with Crippen LogP contribution in [0, 0.1) is 0 Å². The molecule has 5 heteroatoms. The number of aliphatic carboxylic acids is 1. The van der Waals surface area contributed by atoms with Gasteiger partial charge in [-0.3, -0.25) is 0 Å². The molecule has 0 heterocycles. The third-order valence-electron chi connectivity index (χ3n) is 1.97. The van der Waals surface area contributed by atoms with Gasteiger partial charge in [0.2, 0.25) is 0 Å². The molecule has 3 unspecified atom stereocenters. The fourth-order valence-electron chi connectivity index (χ4n) is 1.17. The van der Waals surface area contributed by atoms with E-state index in [1.165, 1.54) is 6.92 Å². The lowest BCUT2D eigenvalue weighted by Gasteiger charge is -2.20. The Morgan fingerprint density at radius 3 is 2.40 bits per heavy atom. The molecule has 90 valence electrons. The van der Waals surface area contributed by atoms with Crippen molar-refractivity contribution in [2.75, 3.05) is 6.61 Å². The van der Waals surface area contributed by atoms with Gasteiger partial charge in [0, 0.05) is 13.0 Å². The van der Waals surface area contributed by atoms with Crippen molar-refractivity contribution in [1.29, 1.82) is 0 Å². The third-order valence-corrected chi connectivity index (χ3v) is 1.97. The van der Waals surface area contributed by atoms with Gasteiger partial charge in [-0.1, -0.05) is 13.3 Å². The van der Waals surface area contributed by atoms with Crippen LogP contribution in [0.25, 0.3) is 0 Å². The minimum atomic E-state index is -1.24. The molecule has 0 aromatic rings. The molecular formula is C10H20O5. The van der Waals surface area contributed by atoms with Crippen molar-refractivity contribution in [3.8, 4) is 0 Å². The molecule has 0 aliphatic carbocycles. The van der Waals surface area contributed by atoms with Crippen LogP contribution in [0.4, 0.5) is 0 Å². The lowest BCUT2D eigenvalue weighted by Crippen LogP contribution is -2.38. The molecule has 0 aromatic carbocycles. The van der Waals surface area contributed by atoms with Crippen molar-refractivity contribution in [2.24, 2.45) is 0 Å². The molecule has 0 rings (SSSR count). The molecule has 5 nitrogen and oxygen atoms in total. The summed E-state index contributed by atoms with van der Waals surface area (Å²) in [4.78, 5) is 10.7. The standard InChI is InChI=1S/C10H20O5/c1-3-4-5-15-9(10(13)14)8(12)6-7(2)11/h7-9,11-12H,3-6H2,1-2H3,(H,13,14). The van der Waals surface area contributed by atoms with E-state index in [4.69, 9.17) is 14.9 Å². The van der Waals surface area contributed by atoms with Crippen molar-refractivity contribution in [3.63, 3.8) is 0 Å². The zero-order valence-electron chi connectivity index (χ0n) is 9.22. The predicted molar refractivity (Wildman–Crippen MR) is 54.6 cm³/mol. The number of aliphatic hydroxyl groups excluding tert-OH is 2. The van der Waals surface area contributed by atoms with Gasteiger partial charge in [0.1, 0.15) is 0 Å². The molecule has 0 spiro atoms. The topological polar surface area (TPSA) is 87.0 Å². The Morgan fingerprint density at radius 1 is 1.40 bits per heavy atom. The number of aliphatic hydroxyl groups is 2. The molecule has 0 saturated carbocycles.